The Kier molecular flexibility index (Phi) is 3.90. The molecular weight excluding hydrogens is 184 g/mol. The monoisotopic (exact) mass is 206 g/mol. The maximum absolute atomic E-state index is 12.1. The van der Waals surface area contributed by atoms with Crippen molar-refractivity contribution in [2.45, 2.75) is 40.5 Å². The topological polar surface area (TPSA) is 17.1 Å². The van der Waals surface area contributed by atoms with Crippen LogP contribution in [0, 0.1) is 17.3 Å². The molecule has 1 aliphatic carbocycles. The van der Waals surface area contributed by atoms with E-state index in [4.69, 9.17) is 0 Å². The zero-order valence-electron chi connectivity index (χ0n) is 10.3. The molecule has 0 saturated heterocycles. The molecule has 1 rings (SSSR count). The van der Waals surface area contributed by atoms with E-state index in [0.717, 1.165) is 12.8 Å². The van der Waals surface area contributed by atoms with Crippen LogP contribution in [-0.4, -0.2) is 5.78 Å². The molecule has 0 N–H and O–H groups in total. The lowest BCUT2D eigenvalue weighted by Crippen LogP contribution is -2.29. The van der Waals surface area contributed by atoms with Crippen LogP contribution in [0.1, 0.15) is 40.5 Å². The van der Waals surface area contributed by atoms with Gasteiger partial charge in [0.2, 0.25) is 0 Å². The van der Waals surface area contributed by atoms with Gasteiger partial charge < -0.3 is 0 Å². The summed E-state index contributed by atoms with van der Waals surface area (Å²) in [5.41, 5.74) is -0.196. The number of Topliss-reactive ketones (excluding diaryl/α,β-unsaturated/α-hetero) is 1. The molecule has 1 nitrogen and oxygen atoms in total. The average molecular weight is 206 g/mol. The summed E-state index contributed by atoms with van der Waals surface area (Å²) in [6.07, 6.45) is 10.5. The quantitative estimate of drug-likeness (QED) is 0.640. The van der Waals surface area contributed by atoms with Gasteiger partial charge in [0, 0.05) is 5.41 Å². The van der Waals surface area contributed by atoms with Gasteiger partial charge in [-0.05, 0) is 18.8 Å². The largest absolute Gasteiger partial charge is 0.298 e. The second-order valence-electron chi connectivity index (χ2n) is 4.97. The second kappa shape index (κ2) is 4.78. The zero-order chi connectivity index (χ0) is 11.5. The molecular formula is C14H22O. The van der Waals surface area contributed by atoms with Gasteiger partial charge in [-0.2, -0.15) is 0 Å². The number of ketones is 1. The van der Waals surface area contributed by atoms with Gasteiger partial charge in [0.05, 0.1) is 5.92 Å². The van der Waals surface area contributed by atoms with E-state index < -0.39 is 0 Å². The summed E-state index contributed by atoms with van der Waals surface area (Å²) in [6.45, 7) is 8.30. The predicted octanol–water partition coefficient (Wildman–Crippen LogP) is 3.76. The first-order valence-electron chi connectivity index (χ1n) is 5.92. The third kappa shape index (κ3) is 2.80. The fraction of sp³-hybridized carbons (Fsp3) is 0.643. The van der Waals surface area contributed by atoms with Gasteiger partial charge in [0.15, 0.2) is 0 Å². The molecule has 0 bridgehead atoms. The minimum atomic E-state index is -0.196. The molecule has 0 amide bonds. The van der Waals surface area contributed by atoms with Gasteiger partial charge in [0.1, 0.15) is 5.78 Å². The Labute approximate surface area is 93.3 Å². The Morgan fingerprint density at radius 1 is 1.13 bits per heavy atom. The lowest BCUT2D eigenvalue weighted by atomic mass is 9.77. The highest BCUT2D eigenvalue weighted by molar-refractivity contribution is 5.89. The highest BCUT2D eigenvalue weighted by Crippen LogP contribution is 2.28. The van der Waals surface area contributed by atoms with Crippen molar-refractivity contribution in [3.63, 3.8) is 0 Å². The van der Waals surface area contributed by atoms with E-state index in [2.05, 4.69) is 38.2 Å². The summed E-state index contributed by atoms with van der Waals surface area (Å²) in [5, 5.41) is 0. The number of rotatable bonds is 4. The molecule has 0 aromatic carbocycles. The molecule has 0 heterocycles. The van der Waals surface area contributed by atoms with Gasteiger partial charge in [-0.25, -0.2) is 0 Å². The Bertz CT molecular complexity index is 270. The lowest BCUT2D eigenvalue weighted by Gasteiger charge is -2.25. The highest BCUT2D eigenvalue weighted by Gasteiger charge is 2.30. The maximum atomic E-state index is 12.1. The van der Waals surface area contributed by atoms with E-state index in [0.29, 0.717) is 11.7 Å². The molecule has 0 spiro atoms. The van der Waals surface area contributed by atoms with Crippen LogP contribution in [0.25, 0.3) is 0 Å². The third-order valence-corrected chi connectivity index (χ3v) is 3.46. The Hall–Kier alpha value is -0.850. The standard InChI is InChI=1S/C14H22O/c1-5-11-7-9-12(10-8-11)13(15)14(3,4)6-2/h7-12H,5-6H2,1-4H3. The minimum Gasteiger partial charge on any atom is -0.298 e. The van der Waals surface area contributed by atoms with Gasteiger partial charge >= 0.3 is 0 Å². The zero-order valence-corrected chi connectivity index (χ0v) is 10.3. The molecule has 0 atom stereocenters. The normalized spacial score (nSPS) is 25.6. The SMILES string of the molecule is CCC1C=CC(C(=O)C(C)(C)CC)C=C1. The number of allylic oxidation sites excluding steroid dienone is 4. The summed E-state index contributed by atoms with van der Waals surface area (Å²) in [4.78, 5) is 12.1. The highest BCUT2D eigenvalue weighted by atomic mass is 16.1. The Morgan fingerprint density at radius 2 is 1.67 bits per heavy atom. The summed E-state index contributed by atoms with van der Waals surface area (Å²) in [6, 6.07) is 0. The van der Waals surface area contributed by atoms with Gasteiger partial charge in [0.25, 0.3) is 0 Å². The van der Waals surface area contributed by atoms with E-state index in [1.807, 2.05) is 13.8 Å². The smallest absolute Gasteiger partial charge is 0.149 e. The molecule has 1 aliphatic rings. The molecule has 0 fully saturated rings. The Morgan fingerprint density at radius 3 is 2.07 bits per heavy atom. The van der Waals surface area contributed by atoms with Crippen LogP contribution < -0.4 is 0 Å². The van der Waals surface area contributed by atoms with E-state index >= 15 is 0 Å². The van der Waals surface area contributed by atoms with Crippen LogP contribution in [0.15, 0.2) is 24.3 Å². The summed E-state index contributed by atoms with van der Waals surface area (Å²) in [7, 11) is 0. The first kappa shape index (κ1) is 12.2. The van der Waals surface area contributed by atoms with Crippen molar-refractivity contribution >= 4 is 5.78 Å². The first-order valence-corrected chi connectivity index (χ1v) is 5.92. The van der Waals surface area contributed by atoms with Crippen molar-refractivity contribution in [2.75, 3.05) is 0 Å². The molecule has 84 valence electrons. The lowest BCUT2D eigenvalue weighted by molar-refractivity contribution is -0.128. The van der Waals surface area contributed by atoms with Crippen molar-refractivity contribution in [1.29, 1.82) is 0 Å². The molecule has 15 heavy (non-hydrogen) atoms. The number of hydrogen-bond donors (Lipinski definition) is 0. The van der Waals surface area contributed by atoms with Crippen LogP contribution in [0.3, 0.4) is 0 Å². The molecule has 0 radical (unpaired) electrons. The third-order valence-electron chi connectivity index (χ3n) is 3.46. The van der Waals surface area contributed by atoms with Crippen molar-refractivity contribution in [3.8, 4) is 0 Å². The van der Waals surface area contributed by atoms with Crippen LogP contribution in [0.2, 0.25) is 0 Å². The van der Waals surface area contributed by atoms with Gasteiger partial charge in [-0.1, -0.05) is 52.0 Å². The number of hydrogen-bond acceptors (Lipinski definition) is 1. The molecule has 1 heteroatoms. The summed E-state index contributed by atoms with van der Waals surface area (Å²) in [5.74, 6) is 0.869. The van der Waals surface area contributed by atoms with Gasteiger partial charge in [-0.15, -0.1) is 0 Å². The van der Waals surface area contributed by atoms with Crippen LogP contribution in [0.5, 0.6) is 0 Å². The van der Waals surface area contributed by atoms with Crippen molar-refractivity contribution < 1.29 is 4.79 Å². The average Bonchev–Trinajstić information content (AvgIpc) is 2.28. The Balaban J connectivity index is 2.69. The molecule has 0 unspecified atom stereocenters. The van der Waals surface area contributed by atoms with Crippen LogP contribution >= 0.6 is 0 Å². The van der Waals surface area contributed by atoms with Crippen molar-refractivity contribution in [3.05, 3.63) is 24.3 Å². The van der Waals surface area contributed by atoms with Crippen LogP contribution in [-0.2, 0) is 4.79 Å². The van der Waals surface area contributed by atoms with E-state index in [1.165, 1.54) is 0 Å². The molecule has 0 aromatic heterocycles. The molecule has 0 aliphatic heterocycles. The number of carbonyl (C=O) groups excluding carboxylic acids is 1. The van der Waals surface area contributed by atoms with Crippen molar-refractivity contribution in [2.24, 2.45) is 17.3 Å². The van der Waals surface area contributed by atoms with Crippen LogP contribution in [0.4, 0.5) is 0 Å². The van der Waals surface area contributed by atoms with E-state index in [1.54, 1.807) is 0 Å². The summed E-state index contributed by atoms with van der Waals surface area (Å²) < 4.78 is 0. The fourth-order valence-corrected chi connectivity index (χ4v) is 1.73. The number of carbonyl (C=O) groups is 1. The summed E-state index contributed by atoms with van der Waals surface area (Å²) >= 11 is 0. The van der Waals surface area contributed by atoms with E-state index in [9.17, 15) is 4.79 Å². The van der Waals surface area contributed by atoms with E-state index in [-0.39, 0.29) is 11.3 Å². The van der Waals surface area contributed by atoms with Gasteiger partial charge in [-0.3, -0.25) is 4.79 Å². The fourth-order valence-electron chi connectivity index (χ4n) is 1.73. The molecule has 0 saturated carbocycles. The first-order chi connectivity index (χ1) is 7.01. The molecule has 0 aromatic rings. The second-order valence-corrected chi connectivity index (χ2v) is 4.97. The predicted molar refractivity (Wildman–Crippen MR) is 64.6 cm³/mol. The minimum absolute atomic E-state index is 0.00255. The maximum Gasteiger partial charge on any atom is 0.149 e. The van der Waals surface area contributed by atoms with Crippen molar-refractivity contribution in [1.82, 2.24) is 0 Å².